The second-order valence-corrected chi connectivity index (χ2v) is 6.25. The molecule has 0 heterocycles. The molecule has 2 rings (SSSR count). The van der Waals surface area contributed by atoms with Crippen molar-refractivity contribution in [1.82, 2.24) is 5.32 Å². The monoisotopic (exact) mass is 288 g/mol. The van der Waals surface area contributed by atoms with Gasteiger partial charge in [0, 0.05) is 19.0 Å². The van der Waals surface area contributed by atoms with Gasteiger partial charge in [-0.15, -0.1) is 0 Å². The predicted octanol–water partition coefficient (Wildman–Crippen LogP) is 3.03. The van der Waals surface area contributed by atoms with Gasteiger partial charge in [0.25, 0.3) is 0 Å². The highest BCUT2D eigenvalue weighted by atomic mass is 16.1. The van der Waals surface area contributed by atoms with E-state index in [1.165, 1.54) is 44.1 Å². The number of amides is 1. The fourth-order valence-electron chi connectivity index (χ4n) is 3.21. The van der Waals surface area contributed by atoms with Crippen LogP contribution < -0.4 is 11.1 Å². The summed E-state index contributed by atoms with van der Waals surface area (Å²) in [6.07, 6.45) is 9.12. The number of nitrogens with two attached hydrogens (primary N) is 1. The van der Waals surface area contributed by atoms with Gasteiger partial charge in [-0.05, 0) is 30.7 Å². The molecule has 0 aliphatic heterocycles. The van der Waals surface area contributed by atoms with Crippen molar-refractivity contribution in [3.8, 4) is 0 Å². The molecule has 0 bridgehead atoms. The molecule has 0 radical (unpaired) electrons. The lowest BCUT2D eigenvalue weighted by atomic mass is 9.96. The van der Waals surface area contributed by atoms with Crippen LogP contribution in [0.1, 0.15) is 50.5 Å². The highest BCUT2D eigenvalue weighted by Gasteiger charge is 2.18. The Bertz CT molecular complexity index is 410. The number of hydrogen-bond donors (Lipinski definition) is 2. The molecule has 3 N–H and O–H groups in total. The molecule has 21 heavy (non-hydrogen) atoms. The zero-order chi connectivity index (χ0) is 14.9. The summed E-state index contributed by atoms with van der Waals surface area (Å²) < 4.78 is 0. The van der Waals surface area contributed by atoms with Gasteiger partial charge < -0.3 is 11.1 Å². The molecule has 1 amide bonds. The Balaban J connectivity index is 1.79. The zero-order valence-electron chi connectivity index (χ0n) is 12.9. The van der Waals surface area contributed by atoms with Crippen LogP contribution >= 0.6 is 0 Å². The zero-order valence-corrected chi connectivity index (χ0v) is 12.9. The fraction of sp³-hybridized carbons (Fsp3) is 0.611. The van der Waals surface area contributed by atoms with Gasteiger partial charge in [0.05, 0.1) is 0 Å². The van der Waals surface area contributed by atoms with Crippen molar-refractivity contribution in [3.63, 3.8) is 0 Å². The molecule has 1 aliphatic rings. The van der Waals surface area contributed by atoms with Crippen molar-refractivity contribution in [2.75, 3.05) is 6.54 Å². The molecular weight excluding hydrogens is 260 g/mol. The van der Waals surface area contributed by atoms with E-state index < -0.39 is 0 Å². The molecule has 1 aromatic rings. The topological polar surface area (TPSA) is 55.1 Å². The summed E-state index contributed by atoms with van der Waals surface area (Å²) in [5.74, 6) is 0.746. The Hall–Kier alpha value is -1.35. The van der Waals surface area contributed by atoms with Crippen LogP contribution in [-0.2, 0) is 11.2 Å². The highest BCUT2D eigenvalue weighted by molar-refractivity contribution is 5.76. The van der Waals surface area contributed by atoms with Crippen LogP contribution in [0.4, 0.5) is 0 Å². The Labute approximate surface area is 128 Å². The van der Waals surface area contributed by atoms with Crippen molar-refractivity contribution in [3.05, 3.63) is 35.9 Å². The van der Waals surface area contributed by atoms with E-state index >= 15 is 0 Å². The number of carbonyl (C=O) groups excluding carboxylic acids is 1. The van der Waals surface area contributed by atoms with Crippen LogP contribution in [0.3, 0.4) is 0 Å². The van der Waals surface area contributed by atoms with Crippen LogP contribution in [0.2, 0.25) is 0 Å². The normalized spacial score (nSPS) is 18.0. The van der Waals surface area contributed by atoms with Crippen molar-refractivity contribution in [2.45, 2.75) is 57.4 Å². The Morgan fingerprint density at radius 1 is 1.14 bits per heavy atom. The summed E-state index contributed by atoms with van der Waals surface area (Å²) in [5, 5.41) is 3.12. The van der Waals surface area contributed by atoms with E-state index in [9.17, 15) is 4.79 Å². The van der Waals surface area contributed by atoms with Gasteiger partial charge in [-0.2, -0.15) is 0 Å². The minimum Gasteiger partial charge on any atom is -0.352 e. The predicted molar refractivity (Wildman–Crippen MR) is 86.9 cm³/mol. The Kier molecular flexibility index (Phi) is 6.74. The highest BCUT2D eigenvalue weighted by Crippen LogP contribution is 2.25. The first-order chi connectivity index (χ1) is 10.3. The molecule has 0 aromatic heterocycles. The summed E-state index contributed by atoms with van der Waals surface area (Å²) in [7, 11) is 0. The van der Waals surface area contributed by atoms with Crippen LogP contribution in [-0.4, -0.2) is 18.5 Å². The second-order valence-electron chi connectivity index (χ2n) is 6.25. The molecular formula is C18H28N2O. The molecule has 116 valence electrons. The largest absolute Gasteiger partial charge is 0.352 e. The molecule has 1 aliphatic carbocycles. The quantitative estimate of drug-likeness (QED) is 0.791. The minimum atomic E-state index is 0.0469. The standard InChI is InChI=1S/C18H28N2O/c19-14-17(12-15-8-6-3-7-9-15)20-18(21)13-16-10-4-1-2-5-11-16/h3,6-9,16-17H,1-2,4-5,10-14,19H2,(H,20,21). The number of rotatable bonds is 6. The number of nitrogens with one attached hydrogen (secondary N) is 1. The third-order valence-corrected chi connectivity index (χ3v) is 4.42. The lowest BCUT2D eigenvalue weighted by Gasteiger charge is -2.19. The number of benzene rings is 1. The summed E-state index contributed by atoms with van der Waals surface area (Å²) >= 11 is 0. The molecule has 0 spiro atoms. The first-order valence-electron chi connectivity index (χ1n) is 8.31. The smallest absolute Gasteiger partial charge is 0.220 e. The molecule has 1 aromatic carbocycles. The van der Waals surface area contributed by atoms with Gasteiger partial charge in [0.2, 0.25) is 5.91 Å². The third-order valence-electron chi connectivity index (χ3n) is 4.42. The first kappa shape index (κ1) is 16.0. The maximum Gasteiger partial charge on any atom is 0.220 e. The maximum absolute atomic E-state index is 12.2. The van der Waals surface area contributed by atoms with Crippen molar-refractivity contribution < 1.29 is 4.79 Å². The van der Waals surface area contributed by atoms with Crippen molar-refractivity contribution in [1.29, 1.82) is 0 Å². The van der Waals surface area contributed by atoms with Crippen molar-refractivity contribution in [2.24, 2.45) is 11.7 Å². The molecule has 1 unspecified atom stereocenters. The minimum absolute atomic E-state index is 0.0469. The number of carbonyl (C=O) groups is 1. The van der Waals surface area contributed by atoms with E-state index in [0.717, 1.165) is 6.42 Å². The Morgan fingerprint density at radius 2 is 1.81 bits per heavy atom. The van der Waals surface area contributed by atoms with E-state index in [2.05, 4.69) is 17.4 Å². The summed E-state index contributed by atoms with van der Waals surface area (Å²) in [4.78, 5) is 12.2. The van der Waals surface area contributed by atoms with E-state index in [4.69, 9.17) is 5.73 Å². The van der Waals surface area contributed by atoms with Crippen LogP contribution in [0.5, 0.6) is 0 Å². The molecule has 3 heteroatoms. The molecule has 1 atom stereocenters. The first-order valence-corrected chi connectivity index (χ1v) is 8.31. The van der Waals surface area contributed by atoms with E-state index in [1.54, 1.807) is 0 Å². The van der Waals surface area contributed by atoms with E-state index in [0.29, 0.717) is 18.9 Å². The molecule has 0 saturated heterocycles. The maximum atomic E-state index is 12.2. The molecule has 1 saturated carbocycles. The fourth-order valence-corrected chi connectivity index (χ4v) is 3.21. The van der Waals surface area contributed by atoms with Crippen LogP contribution in [0.25, 0.3) is 0 Å². The summed E-state index contributed by atoms with van der Waals surface area (Å²) in [6.45, 7) is 0.491. The lowest BCUT2D eigenvalue weighted by Crippen LogP contribution is -2.42. The SMILES string of the molecule is NCC(Cc1ccccc1)NC(=O)CC1CCCCCC1. The van der Waals surface area contributed by atoms with Crippen LogP contribution in [0.15, 0.2) is 30.3 Å². The van der Waals surface area contributed by atoms with Crippen molar-refractivity contribution >= 4 is 5.91 Å². The van der Waals surface area contributed by atoms with Gasteiger partial charge >= 0.3 is 0 Å². The van der Waals surface area contributed by atoms with E-state index in [-0.39, 0.29) is 11.9 Å². The van der Waals surface area contributed by atoms with Crippen LogP contribution in [0, 0.1) is 5.92 Å². The van der Waals surface area contributed by atoms with Gasteiger partial charge in [0.1, 0.15) is 0 Å². The molecule has 3 nitrogen and oxygen atoms in total. The van der Waals surface area contributed by atoms with Gasteiger partial charge in [-0.3, -0.25) is 4.79 Å². The Morgan fingerprint density at radius 3 is 2.43 bits per heavy atom. The molecule has 1 fully saturated rings. The summed E-state index contributed by atoms with van der Waals surface area (Å²) in [5.41, 5.74) is 7.04. The summed E-state index contributed by atoms with van der Waals surface area (Å²) in [6, 6.07) is 10.3. The van der Waals surface area contributed by atoms with Gasteiger partial charge in [-0.1, -0.05) is 56.0 Å². The second kappa shape index (κ2) is 8.83. The lowest BCUT2D eigenvalue weighted by molar-refractivity contribution is -0.122. The van der Waals surface area contributed by atoms with Gasteiger partial charge in [-0.25, -0.2) is 0 Å². The number of hydrogen-bond acceptors (Lipinski definition) is 2. The van der Waals surface area contributed by atoms with E-state index in [1.807, 2.05) is 18.2 Å². The van der Waals surface area contributed by atoms with Gasteiger partial charge in [0.15, 0.2) is 0 Å². The third kappa shape index (κ3) is 5.88. The average molecular weight is 288 g/mol. The average Bonchev–Trinajstić information content (AvgIpc) is 2.76.